The van der Waals surface area contributed by atoms with Crippen molar-refractivity contribution in [2.24, 2.45) is 5.41 Å². The van der Waals surface area contributed by atoms with Crippen LogP contribution in [-0.2, 0) is 0 Å². The average molecular weight is 165 g/mol. The van der Waals surface area contributed by atoms with Crippen molar-refractivity contribution < 1.29 is 0 Å². The van der Waals surface area contributed by atoms with E-state index < -0.39 is 0 Å². The van der Waals surface area contributed by atoms with Gasteiger partial charge in [-0.1, -0.05) is 18.6 Å². The van der Waals surface area contributed by atoms with Crippen molar-refractivity contribution in [3.8, 4) is 0 Å². The van der Waals surface area contributed by atoms with Gasteiger partial charge in [0.15, 0.2) is 0 Å². The largest absolute Gasteiger partial charge is 0.310 e. The number of rotatable bonds is 3. The van der Waals surface area contributed by atoms with E-state index in [1.807, 2.05) is 0 Å². The molecule has 0 saturated heterocycles. The summed E-state index contributed by atoms with van der Waals surface area (Å²) in [5, 5.41) is 3.61. The maximum absolute atomic E-state index is 3.91. The first-order valence-electron chi connectivity index (χ1n) is 5.11. The van der Waals surface area contributed by atoms with Crippen LogP contribution in [-0.4, -0.2) is 12.6 Å². The van der Waals surface area contributed by atoms with E-state index in [0.717, 1.165) is 18.0 Å². The smallest absolute Gasteiger partial charge is 0.0161 e. The summed E-state index contributed by atoms with van der Waals surface area (Å²) in [6.07, 6.45) is 7.28. The minimum atomic E-state index is 0.745. The molecule has 68 valence electrons. The fraction of sp³-hybridized carbons (Fsp3) is 0.818. The molecule has 1 nitrogen and oxygen atoms in total. The van der Waals surface area contributed by atoms with Crippen molar-refractivity contribution in [2.45, 2.75) is 45.1 Å². The van der Waals surface area contributed by atoms with Gasteiger partial charge >= 0.3 is 0 Å². The minimum absolute atomic E-state index is 0.745. The van der Waals surface area contributed by atoms with Crippen LogP contribution in [0.1, 0.15) is 39.0 Å². The highest BCUT2D eigenvalue weighted by atomic mass is 15.0. The zero-order valence-electron chi connectivity index (χ0n) is 8.03. The van der Waals surface area contributed by atoms with Crippen molar-refractivity contribution in [2.75, 3.05) is 6.54 Å². The van der Waals surface area contributed by atoms with Gasteiger partial charge in [0.05, 0.1) is 0 Å². The van der Waals surface area contributed by atoms with Crippen LogP contribution in [0.4, 0.5) is 0 Å². The van der Waals surface area contributed by atoms with Crippen molar-refractivity contribution in [1.29, 1.82) is 0 Å². The predicted octanol–water partition coefficient (Wildman–Crippen LogP) is 2.48. The lowest BCUT2D eigenvalue weighted by Gasteiger charge is -2.56. The molecule has 1 unspecified atom stereocenters. The normalized spacial score (nSPS) is 30.9. The fourth-order valence-electron chi connectivity index (χ4n) is 2.54. The lowest BCUT2D eigenvalue weighted by atomic mass is 9.53. The molecule has 2 rings (SSSR count). The van der Waals surface area contributed by atoms with Crippen LogP contribution < -0.4 is 5.32 Å². The Morgan fingerprint density at radius 3 is 2.58 bits per heavy atom. The Labute approximate surface area is 75.2 Å². The Balaban J connectivity index is 1.78. The molecule has 0 bridgehead atoms. The van der Waals surface area contributed by atoms with E-state index in [-0.39, 0.29) is 0 Å². The summed E-state index contributed by atoms with van der Waals surface area (Å²) >= 11 is 0. The second kappa shape index (κ2) is 2.88. The van der Waals surface area contributed by atoms with E-state index in [2.05, 4.69) is 18.8 Å². The molecule has 0 heterocycles. The number of hydrogen-bond donors (Lipinski definition) is 1. The summed E-state index contributed by atoms with van der Waals surface area (Å²) in [6, 6.07) is 0.822. The monoisotopic (exact) mass is 165 g/mol. The van der Waals surface area contributed by atoms with Gasteiger partial charge in [-0.25, -0.2) is 0 Å². The third-order valence-electron chi connectivity index (χ3n) is 3.67. The summed E-state index contributed by atoms with van der Waals surface area (Å²) in [5.41, 5.74) is 2.01. The van der Waals surface area contributed by atoms with E-state index in [9.17, 15) is 0 Å². The lowest BCUT2D eigenvalue weighted by Crippen LogP contribution is -2.57. The summed E-state index contributed by atoms with van der Waals surface area (Å²) in [5.74, 6) is 0. The Hall–Kier alpha value is -0.300. The van der Waals surface area contributed by atoms with Crippen molar-refractivity contribution >= 4 is 0 Å². The Morgan fingerprint density at radius 2 is 2.25 bits per heavy atom. The topological polar surface area (TPSA) is 12.0 Å². The third-order valence-corrected chi connectivity index (χ3v) is 3.67. The molecule has 2 saturated carbocycles. The van der Waals surface area contributed by atoms with Crippen LogP contribution in [0.25, 0.3) is 0 Å². The van der Waals surface area contributed by atoms with E-state index >= 15 is 0 Å². The SMILES string of the molecule is C=C(C)CNC1CCC12CCC2. The number of nitrogens with one attached hydrogen (secondary N) is 1. The predicted molar refractivity (Wildman–Crippen MR) is 52.1 cm³/mol. The molecule has 2 aliphatic carbocycles. The van der Waals surface area contributed by atoms with Gasteiger partial charge in [-0.2, -0.15) is 0 Å². The van der Waals surface area contributed by atoms with Crippen LogP contribution in [0.5, 0.6) is 0 Å². The molecule has 1 spiro atoms. The van der Waals surface area contributed by atoms with Gasteiger partial charge in [0.25, 0.3) is 0 Å². The Morgan fingerprint density at radius 1 is 1.50 bits per heavy atom. The third kappa shape index (κ3) is 1.20. The Bertz CT molecular complexity index is 186. The van der Waals surface area contributed by atoms with Crippen LogP contribution in [0.15, 0.2) is 12.2 Å². The van der Waals surface area contributed by atoms with Crippen LogP contribution >= 0.6 is 0 Å². The molecule has 1 heteroatoms. The summed E-state index contributed by atoms with van der Waals surface area (Å²) < 4.78 is 0. The Kier molecular flexibility index (Phi) is 1.99. The number of hydrogen-bond acceptors (Lipinski definition) is 1. The van der Waals surface area contributed by atoms with Gasteiger partial charge < -0.3 is 5.32 Å². The average Bonchev–Trinajstić information content (AvgIpc) is 1.80. The quantitative estimate of drug-likeness (QED) is 0.633. The van der Waals surface area contributed by atoms with Crippen molar-refractivity contribution in [3.05, 3.63) is 12.2 Å². The molecule has 1 N–H and O–H groups in total. The maximum atomic E-state index is 3.91. The second-order valence-electron chi connectivity index (χ2n) is 4.65. The molecular weight excluding hydrogens is 146 g/mol. The summed E-state index contributed by atoms with van der Waals surface area (Å²) in [4.78, 5) is 0. The summed E-state index contributed by atoms with van der Waals surface area (Å²) in [6.45, 7) is 7.03. The van der Waals surface area contributed by atoms with Gasteiger partial charge in [0.1, 0.15) is 0 Å². The van der Waals surface area contributed by atoms with Crippen LogP contribution in [0.3, 0.4) is 0 Å². The zero-order chi connectivity index (χ0) is 8.60. The van der Waals surface area contributed by atoms with Crippen LogP contribution in [0.2, 0.25) is 0 Å². The first-order valence-corrected chi connectivity index (χ1v) is 5.11. The molecule has 2 aliphatic rings. The van der Waals surface area contributed by atoms with Crippen LogP contribution in [0, 0.1) is 5.41 Å². The van der Waals surface area contributed by atoms with Gasteiger partial charge in [0.2, 0.25) is 0 Å². The molecule has 0 aromatic carbocycles. The molecule has 0 aliphatic heterocycles. The molecule has 2 fully saturated rings. The first-order chi connectivity index (χ1) is 5.73. The van der Waals surface area contributed by atoms with Gasteiger partial charge in [-0.05, 0) is 38.0 Å². The van der Waals surface area contributed by atoms with Crippen molar-refractivity contribution in [3.63, 3.8) is 0 Å². The van der Waals surface area contributed by atoms with Gasteiger partial charge in [-0.15, -0.1) is 0 Å². The lowest BCUT2D eigenvalue weighted by molar-refractivity contribution is -0.0158. The highest BCUT2D eigenvalue weighted by molar-refractivity contribution is 5.06. The van der Waals surface area contributed by atoms with Gasteiger partial charge in [-0.3, -0.25) is 0 Å². The molecule has 12 heavy (non-hydrogen) atoms. The molecule has 0 radical (unpaired) electrons. The molecular formula is C11H19N. The fourth-order valence-corrected chi connectivity index (χ4v) is 2.54. The van der Waals surface area contributed by atoms with E-state index in [1.54, 1.807) is 0 Å². The zero-order valence-corrected chi connectivity index (χ0v) is 8.03. The molecule has 0 aromatic heterocycles. The van der Waals surface area contributed by atoms with E-state index in [1.165, 1.54) is 37.7 Å². The van der Waals surface area contributed by atoms with E-state index in [0.29, 0.717) is 0 Å². The summed E-state index contributed by atoms with van der Waals surface area (Å²) in [7, 11) is 0. The minimum Gasteiger partial charge on any atom is -0.310 e. The molecule has 1 atom stereocenters. The second-order valence-corrected chi connectivity index (χ2v) is 4.65. The molecule has 0 aromatic rings. The standard InChI is InChI=1S/C11H19N/c1-9(2)8-12-10-4-7-11(10)5-3-6-11/h10,12H,1,3-8H2,2H3. The molecule has 0 amide bonds. The van der Waals surface area contributed by atoms with Gasteiger partial charge in [0, 0.05) is 12.6 Å². The maximum Gasteiger partial charge on any atom is 0.0161 e. The highest BCUT2D eigenvalue weighted by Crippen LogP contribution is 2.55. The van der Waals surface area contributed by atoms with Crippen molar-refractivity contribution in [1.82, 2.24) is 5.32 Å². The highest BCUT2D eigenvalue weighted by Gasteiger charge is 2.49. The van der Waals surface area contributed by atoms with E-state index in [4.69, 9.17) is 0 Å². The first kappa shape index (κ1) is 8.31.